The van der Waals surface area contributed by atoms with E-state index < -0.39 is 18.2 Å². The Hall–Kier alpha value is -1.81. The van der Waals surface area contributed by atoms with Gasteiger partial charge in [0.05, 0.1) is 51.5 Å². The van der Waals surface area contributed by atoms with Crippen LogP contribution in [0.4, 0.5) is 8.78 Å². The molecule has 4 rings (SSSR count). The van der Waals surface area contributed by atoms with Gasteiger partial charge in [-0.1, -0.05) is 24.3 Å². The van der Waals surface area contributed by atoms with E-state index in [1.165, 1.54) is 75.6 Å². The number of carbonyl (C=O) groups is 1. The van der Waals surface area contributed by atoms with Crippen molar-refractivity contribution in [3.8, 4) is 0 Å². The van der Waals surface area contributed by atoms with Crippen LogP contribution in [0.15, 0.2) is 48.5 Å². The van der Waals surface area contributed by atoms with Gasteiger partial charge in [-0.2, -0.15) is 0 Å². The lowest BCUT2D eigenvalue weighted by molar-refractivity contribution is -0.904. The first-order valence-corrected chi connectivity index (χ1v) is 16.0. The summed E-state index contributed by atoms with van der Waals surface area (Å²) in [6.07, 6.45) is 10.2. The third kappa shape index (κ3) is 14.5. The van der Waals surface area contributed by atoms with E-state index in [-0.39, 0.29) is 48.3 Å². The number of nitrogens with one attached hydrogen (secondary N) is 2. The zero-order valence-corrected chi connectivity index (χ0v) is 27.5. The Bertz CT molecular complexity index is 951. The van der Waals surface area contributed by atoms with Crippen LogP contribution in [0, 0.1) is 23.5 Å². The molecule has 2 aromatic rings. The SMILES string of the molecule is CC(=O)O.OC(c1ccc(F)cc1)C(CCC(C[NH+]1CCCCCC1)C(O)c1ccc(F)cc1)C[NH+]1CCCCCC1.[Cl-].[Cl-]. The van der Waals surface area contributed by atoms with Crippen LogP contribution in [0.3, 0.4) is 0 Å². The van der Waals surface area contributed by atoms with Crippen molar-refractivity contribution in [2.75, 3.05) is 39.3 Å². The van der Waals surface area contributed by atoms with Crippen molar-refractivity contribution in [3.63, 3.8) is 0 Å². The summed E-state index contributed by atoms with van der Waals surface area (Å²) in [5, 5.41) is 30.4. The quantitative estimate of drug-likeness (QED) is 0.189. The summed E-state index contributed by atoms with van der Waals surface area (Å²) in [4.78, 5) is 12.1. The molecule has 2 heterocycles. The van der Waals surface area contributed by atoms with Crippen LogP contribution in [0.5, 0.6) is 0 Å². The summed E-state index contributed by atoms with van der Waals surface area (Å²) < 4.78 is 27.2. The Morgan fingerprint density at radius 1 is 0.636 bits per heavy atom. The number of rotatable bonds is 11. The number of hydrogen-bond acceptors (Lipinski definition) is 3. The number of hydrogen-bond donors (Lipinski definition) is 5. The molecule has 0 saturated carbocycles. The maximum Gasteiger partial charge on any atom is 0.300 e. The van der Waals surface area contributed by atoms with Gasteiger partial charge in [0.1, 0.15) is 11.6 Å². The van der Waals surface area contributed by atoms with Crippen LogP contribution in [0.25, 0.3) is 0 Å². The maximum atomic E-state index is 13.6. The normalized spacial score (nSPS) is 18.9. The van der Waals surface area contributed by atoms with Gasteiger partial charge in [-0.25, -0.2) is 8.78 Å². The largest absolute Gasteiger partial charge is 1.00 e. The van der Waals surface area contributed by atoms with Gasteiger partial charge in [0.2, 0.25) is 0 Å². The molecule has 2 saturated heterocycles. The predicted octanol–water partition coefficient (Wildman–Crippen LogP) is -2.24. The molecule has 4 atom stereocenters. The van der Waals surface area contributed by atoms with Crippen molar-refractivity contribution < 1.29 is 63.5 Å². The molecule has 44 heavy (non-hydrogen) atoms. The Morgan fingerprint density at radius 2 is 0.909 bits per heavy atom. The molecule has 0 spiro atoms. The van der Waals surface area contributed by atoms with E-state index in [4.69, 9.17) is 9.90 Å². The summed E-state index contributed by atoms with van der Waals surface area (Å²) in [5.74, 6) is -1.37. The summed E-state index contributed by atoms with van der Waals surface area (Å²) in [7, 11) is 0. The number of quaternary nitrogens is 2. The molecule has 2 fully saturated rings. The van der Waals surface area contributed by atoms with Gasteiger partial charge in [0.25, 0.3) is 5.97 Å². The summed E-state index contributed by atoms with van der Waals surface area (Å²) in [6.45, 7) is 7.37. The number of benzene rings is 2. The minimum absolute atomic E-state index is 0. The third-order valence-corrected chi connectivity index (χ3v) is 8.95. The third-order valence-electron chi connectivity index (χ3n) is 8.95. The second-order valence-electron chi connectivity index (χ2n) is 12.3. The van der Waals surface area contributed by atoms with Gasteiger partial charge in [-0.15, -0.1) is 0 Å². The molecule has 0 aliphatic carbocycles. The Morgan fingerprint density at radius 3 is 1.18 bits per heavy atom. The van der Waals surface area contributed by atoms with Crippen LogP contribution in [0.2, 0.25) is 0 Å². The highest BCUT2D eigenvalue weighted by atomic mass is 35.5. The van der Waals surface area contributed by atoms with Gasteiger partial charge >= 0.3 is 0 Å². The van der Waals surface area contributed by atoms with Gasteiger partial charge in [0, 0.05) is 18.8 Å². The van der Waals surface area contributed by atoms with Crippen LogP contribution < -0.4 is 34.6 Å². The minimum atomic E-state index is -0.833. The van der Waals surface area contributed by atoms with E-state index >= 15 is 0 Å². The molecule has 0 amide bonds. The molecular formula is C34H52Cl2F2N2O4. The first-order valence-electron chi connectivity index (χ1n) is 16.0. The maximum absolute atomic E-state index is 13.6. The van der Waals surface area contributed by atoms with Crippen molar-refractivity contribution in [3.05, 3.63) is 71.3 Å². The lowest BCUT2D eigenvalue weighted by Crippen LogP contribution is -3.12. The molecule has 0 radical (unpaired) electrons. The topological polar surface area (TPSA) is 86.6 Å². The number of aliphatic carboxylic acids is 1. The van der Waals surface area contributed by atoms with Gasteiger partial charge in [-0.3, -0.25) is 4.79 Å². The van der Waals surface area contributed by atoms with Crippen molar-refractivity contribution >= 4 is 5.97 Å². The van der Waals surface area contributed by atoms with Gasteiger partial charge in [-0.05, 0) is 99.6 Å². The highest BCUT2D eigenvalue weighted by molar-refractivity contribution is 5.62. The zero-order valence-electron chi connectivity index (χ0n) is 26.0. The molecule has 6 nitrogen and oxygen atoms in total. The fraction of sp³-hybridized carbons (Fsp3) is 0.618. The lowest BCUT2D eigenvalue weighted by Gasteiger charge is -2.31. The molecular weight excluding hydrogens is 609 g/mol. The first kappa shape index (κ1) is 40.2. The van der Waals surface area contributed by atoms with Crippen LogP contribution in [-0.2, 0) is 4.79 Å². The number of likely N-dealkylation sites (tertiary alicyclic amines) is 2. The second kappa shape index (κ2) is 21.8. The Labute approximate surface area is 274 Å². The van der Waals surface area contributed by atoms with E-state index in [0.29, 0.717) is 0 Å². The monoisotopic (exact) mass is 660 g/mol. The number of halogens is 4. The molecule has 2 aromatic carbocycles. The summed E-state index contributed by atoms with van der Waals surface area (Å²) in [6, 6.07) is 12.5. The van der Waals surface area contributed by atoms with E-state index in [0.717, 1.165) is 70.2 Å². The first-order chi connectivity index (χ1) is 20.2. The Balaban J connectivity index is 0.00000152. The van der Waals surface area contributed by atoms with Crippen molar-refractivity contribution in [2.45, 2.75) is 83.3 Å². The molecule has 10 heteroatoms. The van der Waals surface area contributed by atoms with Gasteiger partial charge < -0.3 is 49.9 Å². The van der Waals surface area contributed by atoms with Crippen LogP contribution >= 0.6 is 0 Å². The second-order valence-corrected chi connectivity index (χ2v) is 12.3. The molecule has 5 N–H and O–H groups in total. The van der Waals surface area contributed by atoms with Crippen molar-refractivity contribution in [1.29, 1.82) is 0 Å². The van der Waals surface area contributed by atoms with Crippen molar-refractivity contribution in [1.82, 2.24) is 0 Å². The average Bonchev–Trinajstić information content (AvgIpc) is 3.39. The molecule has 2 aliphatic heterocycles. The van der Waals surface area contributed by atoms with E-state index in [9.17, 15) is 19.0 Å². The summed E-state index contributed by atoms with van der Waals surface area (Å²) >= 11 is 0. The van der Waals surface area contributed by atoms with Crippen LogP contribution in [-0.4, -0.2) is 60.6 Å². The molecule has 250 valence electrons. The molecule has 0 bridgehead atoms. The van der Waals surface area contributed by atoms with E-state index in [2.05, 4.69) is 0 Å². The molecule has 0 aromatic heterocycles. The number of aliphatic hydroxyl groups is 2. The van der Waals surface area contributed by atoms with Gasteiger partial charge in [0.15, 0.2) is 0 Å². The number of carboxylic acids is 1. The predicted molar refractivity (Wildman–Crippen MR) is 160 cm³/mol. The average molecular weight is 662 g/mol. The fourth-order valence-corrected chi connectivity index (χ4v) is 6.64. The lowest BCUT2D eigenvalue weighted by atomic mass is 9.84. The molecule has 2 aliphatic rings. The highest BCUT2D eigenvalue weighted by Gasteiger charge is 2.31. The smallest absolute Gasteiger partial charge is 0.300 e. The Kier molecular flexibility index (Phi) is 20.0. The van der Waals surface area contributed by atoms with E-state index in [1.807, 2.05) is 0 Å². The van der Waals surface area contributed by atoms with Crippen molar-refractivity contribution in [2.24, 2.45) is 11.8 Å². The minimum Gasteiger partial charge on any atom is -1.00 e. The standard InChI is InChI=1S/C32H46F2N2O2.C2H4O2.2ClH/c33-29-15-11-25(12-16-29)31(37)27(23-35-19-5-1-2-6-20-35)9-10-28(24-36-21-7-3-4-8-22-36)32(38)26-13-17-30(34)18-14-26;1-2(3)4;;/h11-18,27-28,31-32,37-38H,1-10,19-24H2;1H3,(H,3,4);2*1H. The van der Waals surface area contributed by atoms with E-state index in [1.54, 1.807) is 34.1 Å². The number of aliphatic hydroxyl groups excluding tert-OH is 2. The highest BCUT2D eigenvalue weighted by Crippen LogP contribution is 2.31. The zero-order chi connectivity index (χ0) is 30.3. The fourth-order valence-electron chi connectivity index (χ4n) is 6.64. The van der Waals surface area contributed by atoms with Crippen LogP contribution in [0.1, 0.15) is 94.5 Å². The summed E-state index contributed by atoms with van der Waals surface area (Å²) in [5.41, 5.74) is 1.53. The number of carboxylic acid groups (broad SMARTS) is 1. The molecule has 4 unspecified atom stereocenters.